The van der Waals surface area contributed by atoms with E-state index in [9.17, 15) is 0 Å². The van der Waals surface area contributed by atoms with Crippen LogP contribution in [0.15, 0.2) is 59.5 Å². The van der Waals surface area contributed by atoms with Crippen molar-refractivity contribution >= 4 is 23.4 Å². The molecule has 6 fully saturated rings. The zero-order valence-electron chi connectivity index (χ0n) is 25.7. The average molecular weight is 575 g/mol. The van der Waals surface area contributed by atoms with Gasteiger partial charge < -0.3 is 0 Å². The minimum absolute atomic E-state index is 0.734. The first-order valence-electron chi connectivity index (χ1n) is 18.0. The minimum atomic E-state index is 0.734. The number of hydrogen-bond donors (Lipinski definition) is 1. The van der Waals surface area contributed by atoms with Gasteiger partial charge in [-0.1, -0.05) is 80.3 Å². The summed E-state index contributed by atoms with van der Waals surface area (Å²) in [5.41, 5.74) is 5.87. The predicted octanol–water partition coefficient (Wildman–Crippen LogP) is 11.5. The third-order valence-electron chi connectivity index (χ3n) is 14.6. The molecule has 0 saturated heterocycles. The van der Waals surface area contributed by atoms with E-state index in [2.05, 4.69) is 61.5 Å². The van der Waals surface area contributed by atoms with Crippen LogP contribution in [0.1, 0.15) is 101 Å². The molecule has 3 aromatic rings. The van der Waals surface area contributed by atoms with Crippen molar-refractivity contribution in [3.8, 4) is 11.1 Å². The van der Waals surface area contributed by atoms with Gasteiger partial charge in [0.2, 0.25) is 0 Å². The van der Waals surface area contributed by atoms with Crippen molar-refractivity contribution in [2.45, 2.75) is 101 Å². The van der Waals surface area contributed by atoms with Crippen LogP contribution in [-0.4, -0.2) is 0 Å². The highest BCUT2D eigenvalue weighted by Gasteiger charge is 2.62. The maximum Gasteiger partial charge on any atom is 0.0197 e. The number of benzene rings is 3. The van der Waals surface area contributed by atoms with Crippen molar-refractivity contribution in [2.75, 3.05) is 0 Å². The van der Waals surface area contributed by atoms with Crippen molar-refractivity contribution in [1.82, 2.24) is 0 Å². The fraction of sp³-hybridized carbons (Fsp3) is 0.610. The molecule has 0 spiro atoms. The van der Waals surface area contributed by atoms with Gasteiger partial charge in [0.25, 0.3) is 0 Å². The van der Waals surface area contributed by atoms with Gasteiger partial charge in [0, 0.05) is 4.90 Å². The third kappa shape index (κ3) is 3.93. The van der Waals surface area contributed by atoms with Crippen LogP contribution < -0.4 is 0 Å². The molecular weight excluding hydrogens is 525 g/mol. The Balaban J connectivity index is 1.06. The lowest BCUT2D eigenvalue weighted by Crippen LogP contribution is -2.61. The molecule has 0 radical (unpaired) electrons. The predicted molar refractivity (Wildman–Crippen MR) is 179 cm³/mol. The van der Waals surface area contributed by atoms with Crippen molar-refractivity contribution in [3.63, 3.8) is 0 Å². The van der Waals surface area contributed by atoms with Gasteiger partial charge >= 0.3 is 0 Å². The van der Waals surface area contributed by atoms with E-state index in [1.165, 1.54) is 66.0 Å². The largest absolute Gasteiger partial charge is 0.142 e. The SMILES string of the molecule is Cc1c(-c2ccc3ccccc3c2S)cccc1C1CCC2C(C1)C1CCCC3C4CCCCC4C4CCCC2C4C31. The van der Waals surface area contributed by atoms with Crippen LogP contribution in [0.25, 0.3) is 21.9 Å². The van der Waals surface area contributed by atoms with Gasteiger partial charge in [0.05, 0.1) is 0 Å². The van der Waals surface area contributed by atoms with Gasteiger partial charge in [-0.3, -0.25) is 0 Å². The molecule has 11 unspecified atom stereocenters. The molecular formula is C41H50S. The van der Waals surface area contributed by atoms with Gasteiger partial charge in [-0.05, 0) is 163 Å². The van der Waals surface area contributed by atoms with E-state index >= 15 is 0 Å². The first-order valence-corrected chi connectivity index (χ1v) is 18.4. The van der Waals surface area contributed by atoms with Gasteiger partial charge in [-0.15, -0.1) is 12.6 Å². The lowest BCUT2D eigenvalue weighted by molar-refractivity contribution is -0.188. The summed E-state index contributed by atoms with van der Waals surface area (Å²) >= 11 is 5.09. The van der Waals surface area contributed by atoms with Crippen LogP contribution >= 0.6 is 12.6 Å². The molecule has 0 aliphatic heterocycles. The Kier molecular flexibility index (Phi) is 6.62. The number of thiol groups is 1. The summed E-state index contributed by atoms with van der Waals surface area (Å²) in [6.07, 6.45) is 20.0. The zero-order chi connectivity index (χ0) is 27.9. The highest BCUT2D eigenvalue weighted by atomic mass is 32.1. The summed E-state index contributed by atoms with van der Waals surface area (Å²) in [6, 6.07) is 20.5. The van der Waals surface area contributed by atoms with Crippen LogP contribution in [-0.2, 0) is 0 Å². The monoisotopic (exact) mass is 574 g/mol. The van der Waals surface area contributed by atoms with E-state index in [1.54, 1.807) is 50.5 Å². The second-order valence-corrected chi connectivity index (χ2v) is 16.3. The Morgan fingerprint density at radius 1 is 0.524 bits per heavy atom. The molecule has 42 heavy (non-hydrogen) atoms. The second-order valence-electron chi connectivity index (χ2n) is 15.8. The topological polar surface area (TPSA) is 0 Å². The molecule has 3 aromatic carbocycles. The quantitative estimate of drug-likeness (QED) is 0.289. The molecule has 6 aliphatic rings. The molecule has 0 heterocycles. The molecule has 9 rings (SSSR count). The lowest BCUT2D eigenvalue weighted by Gasteiger charge is -2.67. The van der Waals surface area contributed by atoms with Crippen molar-refractivity contribution in [2.24, 2.45) is 59.2 Å². The van der Waals surface area contributed by atoms with Gasteiger partial charge in [0.15, 0.2) is 0 Å². The van der Waals surface area contributed by atoms with Crippen LogP contribution in [0.3, 0.4) is 0 Å². The van der Waals surface area contributed by atoms with Gasteiger partial charge in [-0.25, -0.2) is 0 Å². The molecule has 11 atom stereocenters. The number of rotatable bonds is 2. The summed E-state index contributed by atoms with van der Waals surface area (Å²) in [6.45, 7) is 2.42. The average Bonchev–Trinajstić information content (AvgIpc) is 3.05. The van der Waals surface area contributed by atoms with Crippen molar-refractivity contribution in [3.05, 3.63) is 65.7 Å². The van der Waals surface area contributed by atoms with E-state index in [0.29, 0.717) is 0 Å². The normalized spacial score (nSPS) is 40.6. The Morgan fingerprint density at radius 3 is 1.86 bits per heavy atom. The van der Waals surface area contributed by atoms with Gasteiger partial charge in [0.1, 0.15) is 0 Å². The molecule has 0 N–H and O–H groups in total. The minimum Gasteiger partial charge on any atom is -0.142 e. The number of hydrogen-bond acceptors (Lipinski definition) is 1. The standard InChI is InChI=1S/C41H50S/c1-24-27(13-6-14-28(24)37-22-19-25-9-2-3-10-29(25)41(37)42)26-20-21-32-35-17-7-15-33-30-11-4-5-12-31(30)34-16-8-18-36(38(32)23-26)40(34)39(33)35/h2-3,6,9-10,13-14,19,22,26,30-36,38-40,42H,4-5,7-8,11-12,15-18,20-21,23H2,1H3. The molecule has 220 valence electrons. The third-order valence-corrected chi connectivity index (χ3v) is 15.1. The van der Waals surface area contributed by atoms with Crippen molar-refractivity contribution in [1.29, 1.82) is 0 Å². The lowest BCUT2D eigenvalue weighted by atomic mass is 9.37. The van der Waals surface area contributed by atoms with E-state index < -0.39 is 0 Å². The smallest absolute Gasteiger partial charge is 0.0197 e. The molecule has 6 aliphatic carbocycles. The molecule has 0 amide bonds. The summed E-state index contributed by atoms with van der Waals surface area (Å²) < 4.78 is 0. The highest BCUT2D eigenvalue weighted by molar-refractivity contribution is 7.80. The summed E-state index contributed by atoms with van der Waals surface area (Å²) in [5, 5.41) is 2.55. The summed E-state index contributed by atoms with van der Waals surface area (Å²) in [7, 11) is 0. The first kappa shape index (κ1) is 26.7. The Hall–Kier alpha value is -1.73. The molecule has 0 aromatic heterocycles. The Bertz CT molecular complexity index is 1490. The van der Waals surface area contributed by atoms with E-state index in [4.69, 9.17) is 12.6 Å². The number of fused-ring (bicyclic) bond motifs is 7. The summed E-state index contributed by atoms with van der Waals surface area (Å²) in [5.74, 6) is 11.4. The van der Waals surface area contributed by atoms with Crippen molar-refractivity contribution < 1.29 is 0 Å². The molecule has 6 saturated carbocycles. The van der Waals surface area contributed by atoms with E-state index in [-0.39, 0.29) is 0 Å². The zero-order valence-corrected chi connectivity index (χ0v) is 26.6. The Labute approximate surface area is 259 Å². The van der Waals surface area contributed by atoms with Gasteiger partial charge in [-0.2, -0.15) is 0 Å². The van der Waals surface area contributed by atoms with Crippen LogP contribution in [0.4, 0.5) is 0 Å². The fourth-order valence-corrected chi connectivity index (χ4v) is 13.8. The maximum atomic E-state index is 5.09. The Morgan fingerprint density at radius 2 is 1.14 bits per heavy atom. The van der Waals surface area contributed by atoms with E-state index in [1.807, 2.05) is 0 Å². The van der Waals surface area contributed by atoms with E-state index in [0.717, 1.165) is 70.0 Å². The second kappa shape index (κ2) is 10.4. The maximum absolute atomic E-state index is 5.09. The van der Waals surface area contributed by atoms with Crippen LogP contribution in [0.5, 0.6) is 0 Å². The first-order chi connectivity index (χ1) is 20.7. The fourth-order valence-electron chi connectivity index (χ4n) is 13.4. The molecule has 1 heteroatoms. The molecule has 0 nitrogen and oxygen atoms in total. The van der Waals surface area contributed by atoms with Crippen LogP contribution in [0.2, 0.25) is 0 Å². The summed E-state index contributed by atoms with van der Waals surface area (Å²) in [4.78, 5) is 1.13. The molecule has 0 bridgehead atoms. The van der Waals surface area contributed by atoms with Crippen LogP contribution in [0, 0.1) is 66.1 Å². The highest BCUT2D eigenvalue weighted by Crippen LogP contribution is 2.69.